The largest absolute Gasteiger partial charge is 0.444 e. The number of carbonyl (C=O) groups is 1. The lowest BCUT2D eigenvalue weighted by molar-refractivity contribution is 0.0501. The van der Waals surface area contributed by atoms with Crippen LogP contribution in [0.25, 0.3) is 0 Å². The Kier molecular flexibility index (Phi) is 6.35. The summed E-state index contributed by atoms with van der Waals surface area (Å²) in [6.07, 6.45) is -0.534. The van der Waals surface area contributed by atoms with E-state index in [1.165, 1.54) is 12.1 Å². The zero-order valence-electron chi connectivity index (χ0n) is 15.1. The first-order valence-electron chi connectivity index (χ1n) is 8.35. The van der Waals surface area contributed by atoms with Crippen LogP contribution in [-0.4, -0.2) is 56.0 Å². The Morgan fingerprint density at radius 2 is 1.88 bits per heavy atom. The number of nitrogens with one attached hydrogen (secondary N) is 1. The highest BCUT2D eigenvalue weighted by Gasteiger charge is 2.36. The van der Waals surface area contributed by atoms with Gasteiger partial charge in [0.05, 0.1) is 12.6 Å². The minimum absolute atomic E-state index is 0.227. The molecule has 1 N–H and O–H groups in total. The fourth-order valence-corrected chi connectivity index (χ4v) is 3.02. The second kappa shape index (κ2) is 8.10. The van der Waals surface area contributed by atoms with Crippen LogP contribution < -0.4 is 5.32 Å². The summed E-state index contributed by atoms with van der Waals surface area (Å²) in [6.45, 7) is 7.71. The van der Waals surface area contributed by atoms with Gasteiger partial charge in [-0.3, -0.25) is 4.90 Å². The summed E-state index contributed by atoms with van der Waals surface area (Å²) >= 11 is 0. The van der Waals surface area contributed by atoms with E-state index in [1.807, 2.05) is 0 Å². The van der Waals surface area contributed by atoms with Crippen molar-refractivity contribution in [1.82, 2.24) is 10.2 Å². The van der Waals surface area contributed by atoms with E-state index in [9.17, 15) is 13.6 Å². The Bertz CT molecular complexity index is 584. The van der Waals surface area contributed by atoms with E-state index in [4.69, 9.17) is 9.47 Å². The minimum atomic E-state index is -0.624. The van der Waals surface area contributed by atoms with Crippen molar-refractivity contribution in [2.45, 2.75) is 38.3 Å². The van der Waals surface area contributed by atoms with Gasteiger partial charge in [0.2, 0.25) is 0 Å². The van der Waals surface area contributed by atoms with Crippen LogP contribution in [0, 0.1) is 11.6 Å². The first kappa shape index (κ1) is 19.6. The number of rotatable bonds is 5. The average Bonchev–Trinajstić information content (AvgIpc) is 2.84. The second-order valence-electron chi connectivity index (χ2n) is 7.31. The normalized spacial score (nSPS) is 21.4. The summed E-state index contributed by atoms with van der Waals surface area (Å²) in [7, 11) is 1.62. The zero-order valence-corrected chi connectivity index (χ0v) is 15.1. The number of methoxy groups -OCH3 is 1. The third-order valence-electron chi connectivity index (χ3n) is 4.02. The fourth-order valence-electron chi connectivity index (χ4n) is 3.02. The second-order valence-corrected chi connectivity index (χ2v) is 7.31. The smallest absolute Gasteiger partial charge is 0.407 e. The molecule has 1 amide bonds. The van der Waals surface area contributed by atoms with Crippen molar-refractivity contribution in [3.05, 3.63) is 35.4 Å². The molecule has 0 aromatic heterocycles. The molecular weight excluding hydrogens is 330 g/mol. The van der Waals surface area contributed by atoms with Gasteiger partial charge in [0.25, 0.3) is 0 Å². The van der Waals surface area contributed by atoms with E-state index in [-0.39, 0.29) is 12.0 Å². The highest BCUT2D eigenvalue weighted by Crippen LogP contribution is 2.29. The number of hydrogen-bond donors (Lipinski definition) is 1. The summed E-state index contributed by atoms with van der Waals surface area (Å²) in [4.78, 5) is 14.2. The van der Waals surface area contributed by atoms with Crippen molar-refractivity contribution in [3.8, 4) is 0 Å². The molecule has 0 radical (unpaired) electrons. The molecule has 7 heteroatoms. The highest BCUT2D eigenvalue weighted by molar-refractivity contribution is 5.68. The molecule has 140 valence electrons. The summed E-state index contributed by atoms with van der Waals surface area (Å²) < 4.78 is 37.6. The Morgan fingerprint density at radius 3 is 2.44 bits per heavy atom. The molecule has 0 spiro atoms. The number of halogens is 2. The first-order chi connectivity index (χ1) is 11.7. The number of likely N-dealkylation sites (tertiary alicyclic amines) is 1. The van der Waals surface area contributed by atoms with Crippen molar-refractivity contribution in [1.29, 1.82) is 0 Å². The predicted octanol–water partition coefficient (Wildman–Crippen LogP) is 2.90. The zero-order chi connectivity index (χ0) is 18.6. The molecule has 1 aromatic rings. The lowest BCUT2D eigenvalue weighted by Gasteiger charge is -2.24. The van der Waals surface area contributed by atoms with Gasteiger partial charge in [-0.25, -0.2) is 13.6 Å². The number of nitrogens with zero attached hydrogens (tertiary/aromatic N) is 1. The lowest BCUT2D eigenvalue weighted by atomic mass is 9.94. The third kappa shape index (κ3) is 5.93. The molecule has 25 heavy (non-hydrogen) atoms. The van der Waals surface area contributed by atoms with Crippen molar-refractivity contribution in [2.75, 3.05) is 33.4 Å². The molecule has 0 unspecified atom stereocenters. The van der Waals surface area contributed by atoms with E-state index in [0.717, 1.165) is 6.07 Å². The van der Waals surface area contributed by atoms with Crippen LogP contribution in [0.1, 0.15) is 32.3 Å². The van der Waals surface area contributed by atoms with Gasteiger partial charge in [0.1, 0.15) is 17.2 Å². The van der Waals surface area contributed by atoms with Gasteiger partial charge in [-0.2, -0.15) is 0 Å². The van der Waals surface area contributed by atoms with Crippen molar-refractivity contribution >= 4 is 6.09 Å². The van der Waals surface area contributed by atoms with Crippen molar-refractivity contribution in [3.63, 3.8) is 0 Å². The van der Waals surface area contributed by atoms with E-state index in [2.05, 4.69) is 10.2 Å². The number of ether oxygens (including phenoxy) is 2. The standard InChI is InChI=1S/C18H26F2N2O3/c1-18(2,3)25-17(23)21-16-11-22(5-6-24-4)10-15(16)12-7-13(19)9-14(20)8-12/h7-9,15-16H,5-6,10-11H2,1-4H3,(H,21,23)/t15-,16+/m0/s1. The molecule has 1 saturated heterocycles. The van der Waals surface area contributed by atoms with E-state index in [0.29, 0.717) is 31.8 Å². The van der Waals surface area contributed by atoms with Crippen LogP contribution in [0.4, 0.5) is 13.6 Å². The van der Waals surface area contributed by atoms with Gasteiger partial charge in [-0.1, -0.05) is 0 Å². The predicted molar refractivity (Wildman–Crippen MR) is 90.6 cm³/mol. The molecule has 2 atom stereocenters. The maximum absolute atomic E-state index is 13.6. The molecular formula is C18H26F2N2O3. The molecule has 2 rings (SSSR count). The van der Waals surface area contributed by atoms with Gasteiger partial charge in [0, 0.05) is 38.7 Å². The molecule has 5 nitrogen and oxygen atoms in total. The molecule has 1 heterocycles. The van der Waals surface area contributed by atoms with Crippen molar-refractivity contribution in [2.24, 2.45) is 0 Å². The minimum Gasteiger partial charge on any atom is -0.444 e. The Labute approximate surface area is 147 Å². The van der Waals surface area contributed by atoms with E-state index in [1.54, 1.807) is 27.9 Å². The first-order valence-corrected chi connectivity index (χ1v) is 8.35. The molecule has 0 bridgehead atoms. The number of alkyl carbamates (subject to hydrolysis) is 1. The van der Waals surface area contributed by atoms with E-state index < -0.39 is 23.3 Å². The monoisotopic (exact) mass is 356 g/mol. The van der Waals surface area contributed by atoms with Crippen LogP contribution in [0.2, 0.25) is 0 Å². The Balaban J connectivity index is 2.15. The van der Waals surface area contributed by atoms with Crippen LogP contribution in [0.3, 0.4) is 0 Å². The van der Waals surface area contributed by atoms with Gasteiger partial charge in [-0.05, 0) is 38.5 Å². The maximum atomic E-state index is 13.6. The average molecular weight is 356 g/mol. The highest BCUT2D eigenvalue weighted by atomic mass is 19.1. The molecule has 1 aromatic carbocycles. The molecule has 1 fully saturated rings. The molecule has 1 aliphatic rings. The number of amides is 1. The van der Waals surface area contributed by atoms with Gasteiger partial charge < -0.3 is 14.8 Å². The summed E-state index contributed by atoms with van der Waals surface area (Å²) in [5, 5.41) is 2.84. The Morgan fingerprint density at radius 1 is 1.24 bits per heavy atom. The maximum Gasteiger partial charge on any atom is 0.407 e. The molecule has 0 aliphatic carbocycles. The van der Waals surface area contributed by atoms with Crippen LogP contribution in [0.5, 0.6) is 0 Å². The van der Waals surface area contributed by atoms with Gasteiger partial charge in [-0.15, -0.1) is 0 Å². The number of benzene rings is 1. The molecule has 1 aliphatic heterocycles. The Hall–Kier alpha value is -1.73. The molecule has 0 saturated carbocycles. The number of carbonyl (C=O) groups excluding carboxylic acids is 1. The summed E-state index contributed by atoms with van der Waals surface area (Å²) in [5.74, 6) is -1.47. The van der Waals surface area contributed by atoms with Gasteiger partial charge in [0.15, 0.2) is 0 Å². The van der Waals surface area contributed by atoms with Crippen LogP contribution in [-0.2, 0) is 9.47 Å². The fraction of sp³-hybridized carbons (Fsp3) is 0.611. The number of hydrogen-bond acceptors (Lipinski definition) is 4. The van der Waals surface area contributed by atoms with Crippen molar-refractivity contribution < 1.29 is 23.0 Å². The topological polar surface area (TPSA) is 50.8 Å². The third-order valence-corrected chi connectivity index (χ3v) is 4.02. The quantitative estimate of drug-likeness (QED) is 0.881. The summed E-state index contributed by atoms with van der Waals surface area (Å²) in [5.41, 5.74) is -0.0859. The lowest BCUT2D eigenvalue weighted by Crippen LogP contribution is -2.42. The van der Waals surface area contributed by atoms with Crippen LogP contribution >= 0.6 is 0 Å². The van der Waals surface area contributed by atoms with Crippen LogP contribution in [0.15, 0.2) is 18.2 Å². The van der Waals surface area contributed by atoms with Gasteiger partial charge >= 0.3 is 6.09 Å². The van der Waals surface area contributed by atoms with E-state index >= 15 is 0 Å². The summed E-state index contributed by atoms with van der Waals surface area (Å²) in [6, 6.07) is 3.18. The SMILES string of the molecule is COCCN1C[C@@H](NC(=O)OC(C)(C)C)[C@H](c2cc(F)cc(F)c2)C1.